The van der Waals surface area contributed by atoms with Crippen LogP contribution in [0.4, 0.5) is 0 Å². The smallest absolute Gasteiger partial charge is 0.122 e. The molecule has 0 aliphatic heterocycles. The number of aryl methyl sites for hydroxylation is 1. The molecule has 17 heavy (non-hydrogen) atoms. The van der Waals surface area contributed by atoms with Crippen LogP contribution in [0.15, 0.2) is 18.2 Å². The Hall–Kier alpha value is -1.06. The first kappa shape index (κ1) is 14.0. The molecule has 96 valence electrons. The molecular formula is C14H23NO2. The van der Waals surface area contributed by atoms with Crippen molar-refractivity contribution in [3.63, 3.8) is 0 Å². The Kier molecular flexibility index (Phi) is 6.01. The minimum Gasteiger partial charge on any atom is -0.493 e. The lowest BCUT2D eigenvalue weighted by molar-refractivity contribution is 0.184. The average molecular weight is 237 g/mol. The Morgan fingerprint density at radius 1 is 1.24 bits per heavy atom. The van der Waals surface area contributed by atoms with Gasteiger partial charge in [0.1, 0.15) is 5.75 Å². The lowest BCUT2D eigenvalue weighted by Gasteiger charge is -2.12. The van der Waals surface area contributed by atoms with Crippen LogP contribution in [0.3, 0.4) is 0 Å². The molecule has 1 atom stereocenters. The van der Waals surface area contributed by atoms with Crippen LogP contribution in [-0.2, 0) is 4.74 Å². The van der Waals surface area contributed by atoms with Crippen LogP contribution in [0.25, 0.3) is 0 Å². The molecule has 0 amide bonds. The zero-order valence-electron chi connectivity index (χ0n) is 11.0. The Labute approximate surface area is 104 Å². The molecule has 0 aliphatic rings. The van der Waals surface area contributed by atoms with E-state index < -0.39 is 0 Å². The van der Waals surface area contributed by atoms with Crippen molar-refractivity contribution in [2.24, 2.45) is 5.73 Å². The number of rotatable bonds is 7. The molecule has 0 bridgehead atoms. The monoisotopic (exact) mass is 237 g/mol. The Morgan fingerprint density at radius 2 is 1.94 bits per heavy atom. The van der Waals surface area contributed by atoms with E-state index in [2.05, 4.69) is 13.0 Å². The summed E-state index contributed by atoms with van der Waals surface area (Å²) in [4.78, 5) is 0. The van der Waals surface area contributed by atoms with Gasteiger partial charge in [-0.05, 0) is 43.9 Å². The summed E-state index contributed by atoms with van der Waals surface area (Å²) in [6, 6.07) is 6.20. The maximum atomic E-state index is 5.83. The first-order valence-electron chi connectivity index (χ1n) is 6.13. The van der Waals surface area contributed by atoms with Gasteiger partial charge in [0, 0.05) is 19.8 Å². The zero-order valence-corrected chi connectivity index (χ0v) is 11.0. The minimum atomic E-state index is 0.0736. The average Bonchev–Trinajstić information content (AvgIpc) is 2.30. The molecular weight excluding hydrogens is 214 g/mol. The first-order valence-corrected chi connectivity index (χ1v) is 6.13. The molecule has 1 aromatic carbocycles. The summed E-state index contributed by atoms with van der Waals surface area (Å²) in [6.07, 6.45) is 2.05. The largest absolute Gasteiger partial charge is 0.493 e. The summed E-state index contributed by atoms with van der Waals surface area (Å²) in [7, 11) is 1.72. The maximum Gasteiger partial charge on any atom is 0.122 e. The lowest BCUT2D eigenvalue weighted by atomic mass is 10.1. The van der Waals surface area contributed by atoms with Gasteiger partial charge in [-0.3, -0.25) is 0 Å². The second-order valence-corrected chi connectivity index (χ2v) is 4.36. The van der Waals surface area contributed by atoms with Crippen LogP contribution in [0.5, 0.6) is 5.75 Å². The van der Waals surface area contributed by atoms with Crippen LogP contribution in [0.2, 0.25) is 0 Å². The van der Waals surface area contributed by atoms with Gasteiger partial charge in [-0.25, -0.2) is 0 Å². The Morgan fingerprint density at radius 3 is 2.53 bits per heavy atom. The molecule has 0 saturated carbocycles. The van der Waals surface area contributed by atoms with Crippen molar-refractivity contribution < 1.29 is 9.47 Å². The fourth-order valence-electron chi connectivity index (χ4n) is 1.65. The van der Waals surface area contributed by atoms with Gasteiger partial charge in [-0.15, -0.1) is 0 Å². The molecule has 1 aromatic rings. The highest BCUT2D eigenvalue weighted by Gasteiger charge is 2.04. The summed E-state index contributed by atoms with van der Waals surface area (Å²) >= 11 is 0. The summed E-state index contributed by atoms with van der Waals surface area (Å²) < 4.78 is 10.7. The van der Waals surface area contributed by atoms with E-state index >= 15 is 0 Å². The van der Waals surface area contributed by atoms with Crippen LogP contribution < -0.4 is 10.5 Å². The van der Waals surface area contributed by atoms with E-state index in [-0.39, 0.29) is 6.04 Å². The maximum absolute atomic E-state index is 5.83. The summed E-state index contributed by atoms with van der Waals surface area (Å²) in [5, 5.41) is 0. The molecule has 2 N–H and O–H groups in total. The van der Waals surface area contributed by atoms with Gasteiger partial charge in [0.15, 0.2) is 0 Å². The highest BCUT2D eigenvalue weighted by molar-refractivity contribution is 5.37. The van der Waals surface area contributed by atoms with E-state index in [9.17, 15) is 0 Å². The van der Waals surface area contributed by atoms with Gasteiger partial charge < -0.3 is 15.2 Å². The molecule has 0 fully saturated rings. The number of hydrogen-bond acceptors (Lipinski definition) is 3. The van der Waals surface area contributed by atoms with Gasteiger partial charge in [0.25, 0.3) is 0 Å². The SMILES string of the molecule is COCCCCOc1ccc(C(C)N)cc1C. The van der Waals surface area contributed by atoms with Crippen molar-refractivity contribution in [2.45, 2.75) is 32.7 Å². The van der Waals surface area contributed by atoms with Crippen LogP contribution in [0, 0.1) is 6.92 Å². The molecule has 3 heteroatoms. The van der Waals surface area contributed by atoms with Crippen molar-refractivity contribution in [2.75, 3.05) is 20.3 Å². The van der Waals surface area contributed by atoms with E-state index in [1.165, 1.54) is 0 Å². The second-order valence-electron chi connectivity index (χ2n) is 4.36. The van der Waals surface area contributed by atoms with E-state index in [0.717, 1.165) is 42.9 Å². The quantitative estimate of drug-likeness (QED) is 0.742. The normalized spacial score (nSPS) is 12.5. The first-order chi connectivity index (χ1) is 8.15. The van der Waals surface area contributed by atoms with Gasteiger partial charge in [-0.2, -0.15) is 0 Å². The third-order valence-corrected chi connectivity index (χ3v) is 2.73. The summed E-state index contributed by atoms with van der Waals surface area (Å²) in [6.45, 7) is 5.57. The zero-order chi connectivity index (χ0) is 12.7. The van der Waals surface area contributed by atoms with Gasteiger partial charge in [-0.1, -0.05) is 12.1 Å². The molecule has 1 rings (SSSR count). The van der Waals surface area contributed by atoms with Gasteiger partial charge >= 0.3 is 0 Å². The number of hydrogen-bond donors (Lipinski definition) is 1. The minimum absolute atomic E-state index is 0.0736. The van der Waals surface area contributed by atoms with Crippen molar-refractivity contribution in [3.05, 3.63) is 29.3 Å². The molecule has 0 aromatic heterocycles. The molecule has 0 spiro atoms. The molecule has 1 unspecified atom stereocenters. The van der Waals surface area contributed by atoms with Crippen molar-refractivity contribution >= 4 is 0 Å². The number of nitrogens with two attached hydrogens (primary N) is 1. The third-order valence-electron chi connectivity index (χ3n) is 2.73. The van der Waals surface area contributed by atoms with Crippen molar-refractivity contribution in [1.29, 1.82) is 0 Å². The predicted octanol–water partition coefficient (Wildman–Crippen LogP) is 2.82. The number of unbranched alkanes of at least 4 members (excludes halogenated alkanes) is 1. The second kappa shape index (κ2) is 7.30. The number of benzene rings is 1. The summed E-state index contributed by atoms with van der Waals surface area (Å²) in [5.41, 5.74) is 8.13. The standard InChI is InChI=1S/C14H23NO2/c1-11-10-13(12(2)15)6-7-14(11)17-9-5-4-8-16-3/h6-7,10,12H,4-5,8-9,15H2,1-3H3. The molecule has 0 heterocycles. The summed E-state index contributed by atoms with van der Waals surface area (Å²) in [5.74, 6) is 0.951. The Bertz CT molecular complexity index is 337. The van der Waals surface area contributed by atoms with Crippen LogP contribution in [-0.4, -0.2) is 20.3 Å². The lowest BCUT2D eigenvalue weighted by Crippen LogP contribution is -2.06. The van der Waals surface area contributed by atoms with Crippen molar-refractivity contribution in [1.82, 2.24) is 0 Å². The number of ether oxygens (including phenoxy) is 2. The van der Waals surface area contributed by atoms with Crippen LogP contribution >= 0.6 is 0 Å². The Balaban J connectivity index is 2.43. The van der Waals surface area contributed by atoms with E-state index in [1.54, 1.807) is 7.11 Å². The van der Waals surface area contributed by atoms with Gasteiger partial charge in [0.05, 0.1) is 6.61 Å². The van der Waals surface area contributed by atoms with E-state index in [4.69, 9.17) is 15.2 Å². The van der Waals surface area contributed by atoms with Crippen molar-refractivity contribution in [3.8, 4) is 5.75 Å². The molecule has 0 aliphatic carbocycles. The highest BCUT2D eigenvalue weighted by atomic mass is 16.5. The van der Waals surface area contributed by atoms with Gasteiger partial charge in [0.2, 0.25) is 0 Å². The van der Waals surface area contributed by atoms with E-state index in [1.807, 2.05) is 19.1 Å². The van der Waals surface area contributed by atoms with E-state index in [0.29, 0.717) is 0 Å². The topological polar surface area (TPSA) is 44.5 Å². The number of methoxy groups -OCH3 is 1. The predicted molar refractivity (Wildman–Crippen MR) is 70.4 cm³/mol. The molecule has 0 radical (unpaired) electrons. The van der Waals surface area contributed by atoms with Crippen LogP contribution in [0.1, 0.15) is 36.9 Å². The molecule has 0 saturated heterocycles. The fraction of sp³-hybridized carbons (Fsp3) is 0.571. The molecule has 3 nitrogen and oxygen atoms in total. The third kappa shape index (κ3) is 4.75. The highest BCUT2D eigenvalue weighted by Crippen LogP contribution is 2.22. The fourth-order valence-corrected chi connectivity index (χ4v) is 1.65.